The molecule has 2 aromatic carbocycles. The van der Waals surface area contributed by atoms with Gasteiger partial charge in [0, 0.05) is 12.1 Å². The predicted octanol–water partition coefficient (Wildman–Crippen LogP) is 5.38. The molecule has 0 aromatic heterocycles. The zero-order chi connectivity index (χ0) is 18.3. The molecule has 0 fully saturated rings. The highest BCUT2D eigenvalue weighted by Crippen LogP contribution is 2.39. The molecule has 0 amide bonds. The molecule has 0 saturated carbocycles. The average Bonchev–Trinajstić information content (AvgIpc) is 2.42. The molecule has 0 aliphatic heterocycles. The van der Waals surface area contributed by atoms with Gasteiger partial charge < -0.3 is 10.5 Å². The second kappa shape index (κ2) is 5.84. The Kier molecular flexibility index (Phi) is 4.34. The van der Waals surface area contributed by atoms with Gasteiger partial charge in [-0.1, -0.05) is 0 Å². The topological polar surface area (TPSA) is 35.2 Å². The lowest BCUT2D eigenvalue weighted by Gasteiger charge is -2.15. The van der Waals surface area contributed by atoms with Crippen LogP contribution in [-0.4, -0.2) is 0 Å². The summed E-state index contributed by atoms with van der Waals surface area (Å²) in [6.07, 6.45) is -10.2. The Morgan fingerprint density at radius 3 is 1.67 bits per heavy atom. The monoisotopic (exact) mass is 357 g/mol. The molecule has 0 saturated heterocycles. The van der Waals surface area contributed by atoms with Crippen LogP contribution in [0.15, 0.2) is 30.3 Å². The Labute approximate surface area is 129 Å². The van der Waals surface area contributed by atoms with Gasteiger partial charge in [0.05, 0.1) is 16.8 Å². The lowest BCUT2D eigenvalue weighted by Crippen LogP contribution is -2.11. The van der Waals surface area contributed by atoms with Gasteiger partial charge in [0.25, 0.3) is 0 Å². The Balaban J connectivity index is 2.52. The van der Waals surface area contributed by atoms with Gasteiger partial charge in [-0.15, -0.1) is 0 Å². The van der Waals surface area contributed by atoms with E-state index in [9.17, 15) is 35.1 Å². The number of alkyl halides is 6. The highest BCUT2D eigenvalue weighted by Gasteiger charge is 2.37. The van der Waals surface area contributed by atoms with Gasteiger partial charge in [-0.3, -0.25) is 0 Å². The van der Waals surface area contributed by atoms with E-state index in [-0.39, 0.29) is 18.2 Å². The maximum absolute atomic E-state index is 13.6. The summed E-state index contributed by atoms with van der Waals surface area (Å²) in [5.41, 5.74) is 1.18. The summed E-state index contributed by atoms with van der Waals surface area (Å²) < 4.78 is 108. The van der Waals surface area contributed by atoms with Crippen molar-refractivity contribution in [1.82, 2.24) is 0 Å². The Hall–Kier alpha value is -2.52. The molecule has 2 aromatic rings. The van der Waals surface area contributed by atoms with Crippen LogP contribution in [0.5, 0.6) is 11.5 Å². The lowest BCUT2D eigenvalue weighted by atomic mass is 10.1. The molecule has 2 rings (SSSR count). The van der Waals surface area contributed by atoms with E-state index in [2.05, 4.69) is 4.74 Å². The highest BCUT2D eigenvalue weighted by molar-refractivity contribution is 5.47. The van der Waals surface area contributed by atoms with E-state index in [1.165, 1.54) is 0 Å². The van der Waals surface area contributed by atoms with Crippen LogP contribution < -0.4 is 10.5 Å². The van der Waals surface area contributed by atoms with E-state index in [0.717, 1.165) is 0 Å². The number of anilines is 1. The number of nitrogens with two attached hydrogens (primary N) is 1. The maximum Gasteiger partial charge on any atom is 0.416 e. The van der Waals surface area contributed by atoms with Crippen molar-refractivity contribution in [3.63, 3.8) is 0 Å². The first kappa shape index (κ1) is 17.8. The number of halogens is 8. The van der Waals surface area contributed by atoms with Crippen molar-refractivity contribution >= 4 is 5.69 Å². The number of hydrogen-bond donors (Lipinski definition) is 1. The molecule has 10 heteroatoms. The van der Waals surface area contributed by atoms with E-state index in [1.54, 1.807) is 0 Å². The molecule has 0 aliphatic rings. The molecular formula is C14H7F8NO. The second-order valence-corrected chi connectivity index (χ2v) is 4.65. The Bertz CT molecular complexity index is 734. The minimum Gasteiger partial charge on any atom is -0.454 e. The molecular weight excluding hydrogens is 350 g/mol. The molecule has 0 bridgehead atoms. The van der Waals surface area contributed by atoms with E-state index in [4.69, 9.17) is 5.73 Å². The van der Waals surface area contributed by atoms with Gasteiger partial charge in [-0.2, -0.15) is 26.3 Å². The molecule has 0 radical (unpaired) electrons. The zero-order valence-electron chi connectivity index (χ0n) is 11.4. The van der Waals surface area contributed by atoms with E-state index in [0.29, 0.717) is 12.1 Å². The fraction of sp³-hybridized carbons (Fsp3) is 0.143. The van der Waals surface area contributed by atoms with Gasteiger partial charge in [0.1, 0.15) is 11.6 Å². The molecule has 0 spiro atoms. The van der Waals surface area contributed by atoms with Crippen molar-refractivity contribution in [3.05, 3.63) is 53.1 Å². The standard InChI is InChI=1S/C14H7F8NO/c15-9-5-12(10(16)4-11(9)23)24-8-2-6(13(17,18)19)1-7(3-8)14(20,21)22/h1-5H,23H2. The first-order valence-corrected chi connectivity index (χ1v) is 6.10. The highest BCUT2D eigenvalue weighted by atomic mass is 19.4. The maximum atomic E-state index is 13.6. The predicted molar refractivity (Wildman–Crippen MR) is 67.3 cm³/mol. The molecule has 0 atom stereocenters. The van der Waals surface area contributed by atoms with E-state index < -0.39 is 52.3 Å². The summed E-state index contributed by atoms with van der Waals surface area (Å²) >= 11 is 0. The minimum absolute atomic E-state index is 0.118. The van der Waals surface area contributed by atoms with Crippen LogP contribution in [0.1, 0.15) is 11.1 Å². The van der Waals surface area contributed by atoms with Gasteiger partial charge >= 0.3 is 12.4 Å². The number of hydrogen-bond acceptors (Lipinski definition) is 2. The van der Waals surface area contributed by atoms with Crippen LogP contribution in [0.2, 0.25) is 0 Å². The molecule has 2 N–H and O–H groups in total. The largest absolute Gasteiger partial charge is 0.454 e. The normalized spacial score (nSPS) is 12.3. The Morgan fingerprint density at radius 2 is 1.21 bits per heavy atom. The van der Waals surface area contributed by atoms with Crippen LogP contribution in [0.3, 0.4) is 0 Å². The van der Waals surface area contributed by atoms with Gasteiger partial charge in [-0.05, 0) is 18.2 Å². The number of ether oxygens (including phenoxy) is 1. The summed E-state index contributed by atoms with van der Waals surface area (Å²) in [6.45, 7) is 0. The van der Waals surface area contributed by atoms with E-state index >= 15 is 0 Å². The SMILES string of the molecule is Nc1cc(F)c(Oc2cc(C(F)(F)F)cc(C(F)(F)F)c2)cc1F. The second-order valence-electron chi connectivity index (χ2n) is 4.65. The summed E-state index contributed by atoms with van der Waals surface area (Å²) in [5, 5.41) is 0. The van der Waals surface area contributed by atoms with Crippen molar-refractivity contribution in [2.24, 2.45) is 0 Å². The zero-order valence-corrected chi connectivity index (χ0v) is 11.4. The summed E-state index contributed by atoms with van der Waals surface area (Å²) in [6, 6.07) is 1.26. The van der Waals surface area contributed by atoms with Crippen molar-refractivity contribution < 1.29 is 39.9 Å². The first-order valence-electron chi connectivity index (χ1n) is 6.10. The molecule has 0 heterocycles. The smallest absolute Gasteiger partial charge is 0.416 e. The third-order valence-corrected chi connectivity index (χ3v) is 2.84. The summed E-state index contributed by atoms with van der Waals surface area (Å²) in [4.78, 5) is 0. The fourth-order valence-corrected chi connectivity index (χ4v) is 1.73. The molecule has 0 unspecified atom stereocenters. The number of nitrogen functional groups attached to an aromatic ring is 1. The third-order valence-electron chi connectivity index (χ3n) is 2.84. The van der Waals surface area contributed by atoms with Crippen LogP contribution in [0.4, 0.5) is 40.8 Å². The number of rotatable bonds is 2. The van der Waals surface area contributed by atoms with Gasteiger partial charge in [0.2, 0.25) is 0 Å². The lowest BCUT2D eigenvalue weighted by molar-refractivity contribution is -0.143. The molecule has 2 nitrogen and oxygen atoms in total. The fourth-order valence-electron chi connectivity index (χ4n) is 1.73. The summed E-state index contributed by atoms with van der Waals surface area (Å²) in [5.74, 6) is -4.26. The first-order chi connectivity index (χ1) is 10.9. The summed E-state index contributed by atoms with van der Waals surface area (Å²) in [7, 11) is 0. The van der Waals surface area contributed by atoms with Crippen LogP contribution >= 0.6 is 0 Å². The van der Waals surface area contributed by atoms with Crippen LogP contribution in [-0.2, 0) is 12.4 Å². The van der Waals surface area contributed by atoms with E-state index in [1.807, 2.05) is 0 Å². The van der Waals surface area contributed by atoms with Crippen molar-refractivity contribution in [2.45, 2.75) is 12.4 Å². The van der Waals surface area contributed by atoms with Gasteiger partial charge in [0.15, 0.2) is 11.6 Å². The van der Waals surface area contributed by atoms with Gasteiger partial charge in [-0.25, -0.2) is 8.78 Å². The Morgan fingerprint density at radius 1 is 0.708 bits per heavy atom. The molecule has 24 heavy (non-hydrogen) atoms. The van der Waals surface area contributed by atoms with Crippen LogP contribution in [0.25, 0.3) is 0 Å². The third kappa shape index (κ3) is 3.87. The van der Waals surface area contributed by atoms with Crippen molar-refractivity contribution in [3.8, 4) is 11.5 Å². The van der Waals surface area contributed by atoms with Crippen molar-refractivity contribution in [2.75, 3.05) is 5.73 Å². The number of benzene rings is 2. The quantitative estimate of drug-likeness (QED) is 0.579. The molecule has 130 valence electrons. The minimum atomic E-state index is -5.09. The van der Waals surface area contributed by atoms with Crippen LogP contribution in [0, 0.1) is 11.6 Å². The average molecular weight is 357 g/mol. The molecule has 0 aliphatic carbocycles. The van der Waals surface area contributed by atoms with Crippen molar-refractivity contribution in [1.29, 1.82) is 0 Å².